The Morgan fingerprint density at radius 3 is 1.52 bits per heavy atom. The van der Waals surface area contributed by atoms with Crippen molar-refractivity contribution >= 4 is 18.0 Å². The molecule has 2 amide bonds. The molecule has 134 valence electrons. The third-order valence-electron chi connectivity index (χ3n) is 3.02. The lowest BCUT2D eigenvalue weighted by Crippen LogP contribution is -2.55. The second-order valence-electron chi connectivity index (χ2n) is 7.12. The molecule has 0 bridgehead atoms. The predicted molar refractivity (Wildman–Crippen MR) is 86.8 cm³/mol. The number of nitrogens with one attached hydrogen (secondary N) is 2. The Hall–Kier alpha value is -1.79. The topological polar surface area (TPSA) is 93.7 Å². The van der Waals surface area contributed by atoms with Crippen LogP contribution in [0.2, 0.25) is 0 Å². The monoisotopic (exact) mass is 330 g/mol. The SMILES string of the molecule is COC(=O)[C@H](NC(=O)N[C@H](C(=O)OC(C)(C)C)C(C)C)C(C)C. The van der Waals surface area contributed by atoms with E-state index in [2.05, 4.69) is 15.4 Å². The molecule has 0 rings (SSSR count). The maximum Gasteiger partial charge on any atom is 0.329 e. The van der Waals surface area contributed by atoms with E-state index in [1.165, 1.54) is 7.11 Å². The standard InChI is InChI=1S/C16H30N2O5/c1-9(2)11(13(19)22-8)17-15(21)18-12(10(3)4)14(20)23-16(5,6)7/h9-12H,1-8H3,(H2,17,18,21)/t11-,12+/m1/s1. The van der Waals surface area contributed by atoms with Gasteiger partial charge in [-0.25, -0.2) is 14.4 Å². The fourth-order valence-electron chi connectivity index (χ4n) is 1.81. The first-order chi connectivity index (χ1) is 10.4. The maximum atomic E-state index is 12.2. The normalized spacial score (nSPS) is 14.2. The molecule has 0 aliphatic carbocycles. The molecular weight excluding hydrogens is 300 g/mol. The largest absolute Gasteiger partial charge is 0.467 e. The van der Waals surface area contributed by atoms with Crippen molar-refractivity contribution in [3.63, 3.8) is 0 Å². The zero-order valence-electron chi connectivity index (χ0n) is 15.4. The molecule has 2 N–H and O–H groups in total. The summed E-state index contributed by atoms with van der Waals surface area (Å²) >= 11 is 0. The number of methoxy groups -OCH3 is 1. The highest BCUT2D eigenvalue weighted by atomic mass is 16.6. The Labute approximate surface area is 138 Å². The van der Waals surface area contributed by atoms with Gasteiger partial charge >= 0.3 is 18.0 Å². The smallest absolute Gasteiger partial charge is 0.329 e. The van der Waals surface area contributed by atoms with Crippen LogP contribution in [-0.4, -0.2) is 42.8 Å². The summed E-state index contributed by atoms with van der Waals surface area (Å²) in [5.41, 5.74) is -0.644. The maximum absolute atomic E-state index is 12.2. The van der Waals surface area contributed by atoms with Gasteiger partial charge in [0, 0.05) is 0 Å². The molecule has 0 fully saturated rings. The summed E-state index contributed by atoms with van der Waals surface area (Å²) in [6, 6.07) is -2.20. The van der Waals surface area contributed by atoms with E-state index in [9.17, 15) is 14.4 Å². The fraction of sp³-hybridized carbons (Fsp3) is 0.812. The molecule has 7 nitrogen and oxygen atoms in total. The molecule has 0 heterocycles. The van der Waals surface area contributed by atoms with Gasteiger partial charge in [0.15, 0.2) is 0 Å². The molecule has 2 atom stereocenters. The third-order valence-corrected chi connectivity index (χ3v) is 3.02. The second-order valence-corrected chi connectivity index (χ2v) is 7.12. The fourth-order valence-corrected chi connectivity index (χ4v) is 1.81. The Morgan fingerprint density at radius 2 is 1.22 bits per heavy atom. The van der Waals surface area contributed by atoms with Crippen molar-refractivity contribution in [2.75, 3.05) is 7.11 Å². The van der Waals surface area contributed by atoms with Gasteiger partial charge in [0.05, 0.1) is 7.11 Å². The predicted octanol–water partition coefficient (Wildman–Crippen LogP) is 1.85. The van der Waals surface area contributed by atoms with Gasteiger partial charge in [-0.15, -0.1) is 0 Å². The molecule has 0 aromatic carbocycles. The number of urea groups is 1. The third kappa shape index (κ3) is 7.85. The molecule has 0 saturated carbocycles. The first-order valence-corrected chi connectivity index (χ1v) is 7.76. The van der Waals surface area contributed by atoms with Gasteiger partial charge in [-0.3, -0.25) is 0 Å². The van der Waals surface area contributed by atoms with Gasteiger partial charge < -0.3 is 20.1 Å². The number of amides is 2. The van der Waals surface area contributed by atoms with Crippen LogP contribution in [0.3, 0.4) is 0 Å². The average molecular weight is 330 g/mol. The Morgan fingerprint density at radius 1 is 0.826 bits per heavy atom. The van der Waals surface area contributed by atoms with Crippen molar-refractivity contribution in [1.29, 1.82) is 0 Å². The van der Waals surface area contributed by atoms with Crippen molar-refractivity contribution in [3.05, 3.63) is 0 Å². The lowest BCUT2D eigenvalue weighted by Gasteiger charge is -2.27. The Bertz CT molecular complexity index is 427. The van der Waals surface area contributed by atoms with Crippen molar-refractivity contribution < 1.29 is 23.9 Å². The number of esters is 2. The quantitative estimate of drug-likeness (QED) is 0.725. The van der Waals surface area contributed by atoms with Gasteiger partial charge in [-0.1, -0.05) is 27.7 Å². The Kier molecular flexibility index (Phi) is 8.06. The summed E-state index contributed by atoms with van der Waals surface area (Å²) < 4.78 is 9.98. The van der Waals surface area contributed by atoms with E-state index in [4.69, 9.17) is 4.74 Å². The molecule has 0 aromatic heterocycles. The molecule has 0 aliphatic heterocycles. The van der Waals surface area contributed by atoms with Gasteiger partial charge in [0.2, 0.25) is 0 Å². The summed E-state index contributed by atoms with van der Waals surface area (Å²) in [6.45, 7) is 12.5. The van der Waals surface area contributed by atoms with Crippen molar-refractivity contribution in [2.24, 2.45) is 11.8 Å². The van der Waals surface area contributed by atoms with Crippen LogP contribution in [0.1, 0.15) is 48.5 Å². The van der Waals surface area contributed by atoms with Crippen LogP contribution in [0.15, 0.2) is 0 Å². The van der Waals surface area contributed by atoms with E-state index in [-0.39, 0.29) is 11.8 Å². The van der Waals surface area contributed by atoms with Crippen LogP contribution in [0.4, 0.5) is 4.79 Å². The zero-order chi connectivity index (χ0) is 18.4. The van der Waals surface area contributed by atoms with Crippen molar-refractivity contribution in [3.8, 4) is 0 Å². The second kappa shape index (κ2) is 8.74. The highest BCUT2D eigenvalue weighted by Gasteiger charge is 2.31. The van der Waals surface area contributed by atoms with Gasteiger partial charge in [-0.2, -0.15) is 0 Å². The lowest BCUT2D eigenvalue weighted by molar-refractivity contribution is -0.158. The van der Waals surface area contributed by atoms with Crippen LogP contribution >= 0.6 is 0 Å². The minimum absolute atomic E-state index is 0.146. The van der Waals surface area contributed by atoms with Crippen LogP contribution in [0, 0.1) is 11.8 Å². The van der Waals surface area contributed by atoms with Crippen LogP contribution in [0.5, 0.6) is 0 Å². The number of rotatable bonds is 6. The van der Waals surface area contributed by atoms with Gasteiger partial charge in [0.1, 0.15) is 17.7 Å². The number of hydrogen-bond acceptors (Lipinski definition) is 5. The minimum Gasteiger partial charge on any atom is -0.467 e. The van der Waals surface area contributed by atoms with E-state index in [0.717, 1.165) is 0 Å². The number of ether oxygens (including phenoxy) is 2. The summed E-state index contributed by atoms with van der Waals surface area (Å²) in [5, 5.41) is 5.11. The van der Waals surface area contributed by atoms with Gasteiger partial charge in [0.25, 0.3) is 0 Å². The van der Waals surface area contributed by atoms with E-state index < -0.39 is 35.7 Å². The molecule has 0 aromatic rings. The number of carbonyl (C=O) groups excluding carboxylic acids is 3. The molecule has 0 radical (unpaired) electrons. The van der Waals surface area contributed by atoms with E-state index in [1.807, 2.05) is 0 Å². The number of hydrogen-bond donors (Lipinski definition) is 2. The van der Waals surface area contributed by atoms with Crippen LogP contribution in [-0.2, 0) is 19.1 Å². The molecular formula is C16H30N2O5. The average Bonchev–Trinajstić information content (AvgIpc) is 2.38. The number of carbonyl (C=O) groups is 3. The van der Waals surface area contributed by atoms with Crippen LogP contribution < -0.4 is 10.6 Å². The lowest BCUT2D eigenvalue weighted by atomic mass is 10.0. The first kappa shape index (κ1) is 21.2. The highest BCUT2D eigenvalue weighted by molar-refractivity contribution is 5.87. The molecule has 0 saturated heterocycles. The zero-order valence-corrected chi connectivity index (χ0v) is 15.4. The minimum atomic E-state index is -0.806. The summed E-state index contributed by atoms with van der Waals surface area (Å²) in [5.74, 6) is -1.35. The highest BCUT2D eigenvalue weighted by Crippen LogP contribution is 2.12. The van der Waals surface area contributed by atoms with E-state index >= 15 is 0 Å². The van der Waals surface area contributed by atoms with E-state index in [0.29, 0.717) is 0 Å². The molecule has 0 spiro atoms. The Balaban J connectivity index is 4.92. The van der Waals surface area contributed by atoms with Crippen LogP contribution in [0.25, 0.3) is 0 Å². The first-order valence-electron chi connectivity index (χ1n) is 7.76. The summed E-state index contributed by atoms with van der Waals surface area (Å²) in [7, 11) is 1.26. The van der Waals surface area contributed by atoms with E-state index in [1.54, 1.807) is 48.5 Å². The molecule has 0 unspecified atom stereocenters. The van der Waals surface area contributed by atoms with Gasteiger partial charge in [-0.05, 0) is 32.6 Å². The molecule has 7 heteroatoms. The van der Waals surface area contributed by atoms with Crippen molar-refractivity contribution in [1.82, 2.24) is 10.6 Å². The summed E-state index contributed by atoms with van der Waals surface area (Å²) in [6.07, 6.45) is 0. The summed E-state index contributed by atoms with van der Waals surface area (Å²) in [4.78, 5) is 36.0. The van der Waals surface area contributed by atoms with Crippen molar-refractivity contribution in [2.45, 2.75) is 66.2 Å². The molecule has 23 heavy (non-hydrogen) atoms. The molecule has 0 aliphatic rings.